The van der Waals surface area contributed by atoms with Crippen molar-refractivity contribution < 1.29 is 5.11 Å². The summed E-state index contributed by atoms with van der Waals surface area (Å²) in [7, 11) is 1.94. The predicted molar refractivity (Wildman–Crippen MR) is 125 cm³/mol. The Morgan fingerprint density at radius 2 is 1.75 bits per heavy atom. The summed E-state index contributed by atoms with van der Waals surface area (Å²) in [5, 5.41) is 10.8. The van der Waals surface area contributed by atoms with E-state index in [0.717, 1.165) is 27.9 Å². The van der Waals surface area contributed by atoms with Gasteiger partial charge in [0.2, 0.25) is 0 Å². The van der Waals surface area contributed by atoms with Crippen molar-refractivity contribution in [3.8, 4) is 22.4 Å². The maximum absolute atomic E-state index is 13.3. The summed E-state index contributed by atoms with van der Waals surface area (Å²) in [5.74, 6) is 0. The quantitative estimate of drug-likeness (QED) is 0.519. The highest BCUT2D eigenvalue weighted by atomic mass is 16.3. The Labute approximate surface area is 186 Å². The largest absolute Gasteiger partial charge is 0.390 e. The van der Waals surface area contributed by atoms with Crippen molar-refractivity contribution in [3.05, 3.63) is 71.0 Å². The summed E-state index contributed by atoms with van der Waals surface area (Å²) in [6.07, 6.45) is 6.15. The summed E-state index contributed by atoms with van der Waals surface area (Å²) < 4.78 is 3.61. The molecule has 0 saturated heterocycles. The highest BCUT2D eigenvalue weighted by molar-refractivity contribution is 6.02. The molecule has 4 aromatic rings. The van der Waals surface area contributed by atoms with Crippen LogP contribution in [0.15, 0.2) is 59.9 Å². The van der Waals surface area contributed by atoms with Crippen LogP contribution in [0.5, 0.6) is 0 Å². The summed E-state index contributed by atoms with van der Waals surface area (Å²) in [5.41, 5.74) is 10.6. The average molecular weight is 430 g/mol. The molecule has 1 saturated carbocycles. The van der Waals surface area contributed by atoms with Crippen molar-refractivity contribution in [2.45, 2.75) is 44.4 Å². The van der Waals surface area contributed by atoms with Gasteiger partial charge in [-0.15, -0.1) is 0 Å². The topological polar surface area (TPSA) is 99.0 Å². The molecule has 1 aliphatic rings. The second kappa shape index (κ2) is 7.12. The van der Waals surface area contributed by atoms with Gasteiger partial charge in [-0.3, -0.25) is 14.3 Å². The van der Waals surface area contributed by atoms with Crippen LogP contribution in [0, 0.1) is 0 Å². The number of hydrogen-bond donors (Lipinski definition) is 2. The Kier molecular flexibility index (Phi) is 4.58. The number of fused-ring (bicyclic) bond motifs is 1. The third-order valence-electron chi connectivity index (χ3n) is 6.59. The predicted octanol–water partition coefficient (Wildman–Crippen LogP) is 3.18. The van der Waals surface area contributed by atoms with Crippen molar-refractivity contribution in [2.24, 2.45) is 12.8 Å². The van der Waals surface area contributed by atoms with Crippen LogP contribution in [0.25, 0.3) is 33.4 Å². The van der Waals surface area contributed by atoms with Gasteiger partial charge in [0.05, 0.1) is 23.0 Å². The highest BCUT2D eigenvalue weighted by Gasteiger charge is 2.49. The first-order valence-corrected chi connectivity index (χ1v) is 10.8. The minimum atomic E-state index is -0.706. The maximum atomic E-state index is 13.3. The van der Waals surface area contributed by atoms with Crippen molar-refractivity contribution in [3.63, 3.8) is 0 Å². The fourth-order valence-corrected chi connectivity index (χ4v) is 5.18. The molecular formula is C25H27N5O2. The normalized spacial score (nSPS) is 22.8. The van der Waals surface area contributed by atoms with E-state index in [1.54, 1.807) is 23.3 Å². The smallest absolute Gasteiger partial charge is 0.263 e. The van der Waals surface area contributed by atoms with Crippen LogP contribution >= 0.6 is 0 Å². The first kappa shape index (κ1) is 20.6. The van der Waals surface area contributed by atoms with Crippen LogP contribution in [0.4, 0.5) is 0 Å². The highest BCUT2D eigenvalue weighted by Crippen LogP contribution is 2.46. The molecule has 1 aliphatic carbocycles. The third kappa shape index (κ3) is 3.08. The van der Waals surface area contributed by atoms with Gasteiger partial charge in [0, 0.05) is 37.1 Å². The van der Waals surface area contributed by atoms with Gasteiger partial charge in [-0.05, 0) is 55.5 Å². The zero-order chi connectivity index (χ0) is 22.7. The van der Waals surface area contributed by atoms with Gasteiger partial charge in [-0.25, -0.2) is 4.98 Å². The molecule has 1 aromatic carbocycles. The zero-order valence-corrected chi connectivity index (χ0v) is 18.5. The van der Waals surface area contributed by atoms with Gasteiger partial charge in [-0.2, -0.15) is 0 Å². The molecule has 1 fully saturated rings. The minimum Gasteiger partial charge on any atom is -0.390 e. The Morgan fingerprint density at radius 3 is 2.34 bits per heavy atom. The van der Waals surface area contributed by atoms with E-state index < -0.39 is 11.1 Å². The van der Waals surface area contributed by atoms with E-state index in [2.05, 4.69) is 9.97 Å². The third-order valence-corrected chi connectivity index (χ3v) is 6.59. The summed E-state index contributed by atoms with van der Waals surface area (Å²) in [6, 6.07) is 12.0. The number of pyridine rings is 1. The molecule has 32 heavy (non-hydrogen) atoms. The van der Waals surface area contributed by atoms with Crippen molar-refractivity contribution in [1.29, 1.82) is 0 Å². The molecule has 5 rings (SSSR count). The minimum absolute atomic E-state index is 0.0552. The number of nitrogens with two attached hydrogens (primary N) is 1. The van der Waals surface area contributed by atoms with Gasteiger partial charge in [-0.1, -0.05) is 24.3 Å². The number of aryl methyl sites for hydroxylation is 2. The number of aromatic nitrogens is 4. The zero-order valence-electron chi connectivity index (χ0n) is 18.5. The number of aliphatic hydroxyl groups is 1. The summed E-state index contributed by atoms with van der Waals surface area (Å²) in [6.45, 7) is 4.31. The Hall–Kier alpha value is -3.29. The molecule has 7 heteroatoms. The van der Waals surface area contributed by atoms with Crippen molar-refractivity contribution in [2.75, 3.05) is 0 Å². The Morgan fingerprint density at radius 1 is 1.09 bits per heavy atom. The monoisotopic (exact) mass is 429 g/mol. The molecule has 3 heterocycles. The molecule has 0 bridgehead atoms. The van der Waals surface area contributed by atoms with Crippen LogP contribution in [0.2, 0.25) is 0 Å². The van der Waals surface area contributed by atoms with Gasteiger partial charge >= 0.3 is 0 Å². The first-order chi connectivity index (χ1) is 15.2. The van der Waals surface area contributed by atoms with E-state index in [-0.39, 0.29) is 5.56 Å². The molecule has 164 valence electrons. The van der Waals surface area contributed by atoms with Gasteiger partial charge in [0.1, 0.15) is 5.65 Å². The standard InChI is InChI=1S/C25H27N5O2/c1-4-30-15-28-22-20(23(30)31)19(16-9-11-27-12-10-16)21(29(22)3)17-5-7-18(8-6-17)25(26)13-24(2,32)14-25/h5-12,15,32H,4,13-14,26H2,1-3H3. The van der Waals surface area contributed by atoms with Gasteiger partial charge in [0.25, 0.3) is 5.56 Å². The van der Waals surface area contributed by atoms with E-state index in [4.69, 9.17) is 5.73 Å². The maximum Gasteiger partial charge on any atom is 0.263 e. The number of hydrogen-bond acceptors (Lipinski definition) is 5. The van der Waals surface area contributed by atoms with Crippen molar-refractivity contribution >= 4 is 11.0 Å². The molecule has 0 spiro atoms. The molecule has 3 N–H and O–H groups in total. The first-order valence-electron chi connectivity index (χ1n) is 10.8. The molecular weight excluding hydrogens is 402 g/mol. The fourth-order valence-electron chi connectivity index (χ4n) is 5.18. The molecule has 7 nitrogen and oxygen atoms in total. The van der Waals surface area contributed by atoms with Crippen LogP contribution < -0.4 is 11.3 Å². The number of rotatable bonds is 4. The van der Waals surface area contributed by atoms with Crippen LogP contribution in [-0.4, -0.2) is 29.8 Å². The molecule has 3 aromatic heterocycles. The van der Waals surface area contributed by atoms with Crippen molar-refractivity contribution in [1.82, 2.24) is 19.1 Å². The van der Waals surface area contributed by atoms with Crippen LogP contribution in [-0.2, 0) is 19.1 Å². The lowest BCUT2D eigenvalue weighted by Gasteiger charge is -2.49. The molecule has 0 radical (unpaired) electrons. The average Bonchev–Trinajstić information content (AvgIpc) is 3.06. The van der Waals surface area contributed by atoms with E-state index >= 15 is 0 Å². The lowest BCUT2D eigenvalue weighted by molar-refractivity contribution is -0.0738. The van der Waals surface area contributed by atoms with Gasteiger partial charge in [0.15, 0.2) is 0 Å². The molecule has 0 aliphatic heterocycles. The number of benzene rings is 1. The SMILES string of the molecule is CCn1cnc2c(c(-c3ccncc3)c(-c3ccc(C4(N)CC(C)(O)C4)cc3)n2C)c1=O. The second-order valence-corrected chi connectivity index (χ2v) is 9.14. The lowest BCUT2D eigenvalue weighted by atomic mass is 9.63. The summed E-state index contributed by atoms with van der Waals surface area (Å²) in [4.78, 5) is 22.0. The van der Waals surface area contributed by atoms with Gasteiger partial charge < -0.3 is 15.4 Å². The molecule has 0 amide bonds. The Balaban J connectivity index is 1.72. The van der Waals surface area contributed by atoms with E-state index in [0.29, 0.717) is 30.4 Å². The summed E-state index contributed by atoms with van der Waals surface area (Å²) >= 11 is 0. The second-order valence-electron chi connectivity index (χ2n) is 9.14. The molecule has 0 unspecified atom stereocenters. The Bertz CT molecular complexity index is 1360. The lowest BCUT2D eigenvalue weighted by Crippen LogP contribution is -2.58. The van der Waals surface area contributed by atoms with E-state index in [1.165, 1.54) is 0 Å². The fraction of sp³-hybridized carbons (Fsp3) is 0.320. The van der Waals surface area contributed by atoms with Crippen LogP contribution in [0.1, 0.15) is 32.3 Å². The number of nitrogens with zero attached hydrogens (tertiary/aromatic N) is 4. The van der Waals surface area contributed by atoms with E-state index in [9.17, 15) is 9.90 Å². The van der Waals surface area contributed by atoms with E-state index in [1.807, 2.05) is 61.9 Å². The molecule has 0 atom stereocenters. The van der Waals surface area contributed by atoms with Crippen LogP contribution in [0.3, 0.4) is 0 Å².